The number of nitro groups is 1. The van der Waals surface area contributed by atoms with Crippen molar-refractivity contribution in [2.24, 2.45) is 4.99 Å². The Bertz CT molecular complexity index is 1540. The number of aliphatic imine (C=N–C) groups is 1. The van der Waals surface area contributed by atoms with Crippen molar-refractivity contribution in [1.29, 1.82) is 0 Å². The molecule has 0 saturated heterocycles. The van der Waals surface area contributed by atoms with Gasteiger partial charge in [0.1, 0.15) is 5.75 Å². The lowest BCUT2D eigenvalue weighted by Crippen LogP contribution is -2.07. The fraction of sp³-hybridized carbons (Fsp3) is 0.138. The van der Waals surface area contributed by atoms with E-state index in [2.05, 4.69) is 20.9 Å². The Balaban J connectivity index is 1.56. The maximum absolute atomic E-state index is 12.7. The summed E-state index contributed by atoms with van der Waals surface area (Å²) in [5.74, 6) is -0.00319. The highest BCUT2D eigenvalue weighted by Crippen LogP contribution is 2.32. The van der Waals surface area contributed by atoms with Gasteiger partial charge < -0.3 is 18.9 Å². The van der Waals surface area contributed by atoms with Gasteiger partial charge in [-0.1, -0.05) is 15.9 Å². The topological polar surface area (TPSA) is 127 Å². The number of hydrogen-bond donors (Lipinski definition) is 0. The van der Waals surface area contributed by atoms with Crippen LogP contribution < -0.4 is 14.2 Å². The molecule has 0 aromatic heterocycles. The molecule has 204 valence electrons. The minimum atomic E-state index is -0.684. The largest absolute Gasteiger partial charge is 0.490 e. The second kappa shape index (κ2) is 12.9. The third-order valence-electron chi connectivity index (χ3n) is 5.40. The molecule has 0 saturated carbocycles. The lowest BCUT2D eigenvalue weighted by atomic mass is 10.1. The van der Waals surface area contributed by atoms with Crippen molar-refractivity contribution >= 4 is 51.6 Å². The zero-order valence-corrected chi connectivity index (χ0v) is 23.0. The molecule has 0 bridgehead atoms. The summed E-state index contributed by atoms with van der Waals surface area (Å²) in [5, 5.41) is 10.8. The number of nitro benzene ring substituents is 1. The Kier molecular flexibility index (Phi) is 9.07. The number of carbonyl (C=O) groups excluding carboxylic acids is 2. The molecule has 0 spiro atoms. The second-order valence-corrected chi connectivity index (χ2v) is 9.06. The van der Waals surface area contributed by atoms with Gasteiger partial charge in [0.05, 0.1) is 18.1 Å². The molecule has 0 atom stereocenters. The van der Waals surface area contributed by atoms with E-state index in [0.717, 1.165) is 0 Å². The molecule has 0 N–H and O–H groups in total. The van der Waals surface area contributed by atoms with Gasteiger partial charge in [0.2, 0.25) is 5.90 Å². The van der Waals surface area contributed by atoms with Crippen LogP contribution in [0.2, 0.25) is 0 Å². The number of cyclic esters (lactones) is 1. The third kappa shape index (κ3) is 7.00. The van der Waals surface area contributed by atoms with E-state index in [4.69, 9.17) is 18.9 Å². The first-order valence-corrected chi connectivity index (χ1v) is 12.9. The molecule has 1 aliphatic heterocycles. The fourth-order valence-electron chi connectivity index (χ4n) is 3.60. The van der Waals surface area contributed by atoms with E-state index in [1.165, 1.54) is 42.5 Å². The van der Waals surface area contributed by atoms with Crippen LogP contribution in [0.1, 0.15) is 30.5 Å². The maximum atomic E-state index is 12.7. The van der Waals surface area contributed by atoms with Crippen LogP contribution in [0.4, 0.5) is 5.69 Å². The zero-order chi connectivity index (χ0) is 28.6. The molecular formula is C29H23BrN2O8. The number of nitrogens with zero attached hydrogens (tertiary/aromatic N) is 2. The minimum Gasteiger partial charge on any atom is -0.490 e. The van der Waals surface area contributed by atoms with E-state index >= 15 is 0 Å². The van der Waals surface area contributed by atoms with Crippen LogP contribution in [0.15, 0.2) is 81.9 Å². The lowest BCUT2D eigenvalue weighted by Gasteiger charge is -2.11. The van der Waals surface area contributed by atoms with E-state index in [0.29, 0.717) is 45.9 Å². The van der Waals surface area contributed by atoms with Crippen molar-refractivity contribution in [2.75, 3.05) is 13.2 Å². The van der Waals surface area contributed by atoms with Crippen molar-refractivity contribution in [1.82, 2.24) is 0 Å². The highest BCUT2D eigenvalue weighted by atomic mass is 79.9. The number of hydrogen-bond acceptors (Lipinski definition) is 9. The van der Waals surface area contributed by atoms with E-state index in [1.54, 1.807) is 36.4 Å². The van der Waals surface area contributed by atoms with Crippen LogP contribution in [0.25, 0.3) is 12.2 Å². The third-order valence-corrected chi connectivity index (χ3v) is 5.89. The SMILES string of the molecule is CCOc1ccc(C2=N/C(=C\c3cc(Br)ccc3OC(=O)/C=C/c3ccc([N+](=O)[O-])cc3)C(=O)O2)cc1OCC. The van der Waals surface area contributed by atoms with Crippen molar-refractivity contribution < 1.29 is 33.5 Å². The predicted molar refractivity (Wildman–Crippen MR) is 151 cm³/mol. The summed E-state index contributed by atoms with van der Waals surface area (Å²) < 4.78 is 22.8. The number of esters is 2. The molecular weight excluding hydrogens is 584 g/mol. The Morgan fingerprint density at radius 3 is 2.40 bits per heavy atom. The Hall–Kier alpha value is -4.77. The summed E-state index contributed by atoms with van der Waals surface area (Å²) in [6, 6.07) is 15.7. The first-order valence-electron chi connectivity index (χ1n) is 12.1. The molecule has 10 nitrogen and oxygen atoms in total. The van der Waals surface area contributed by atoms with Crippen molar-refractivity contribution in [3.63, 3.8) is 0 Å². The van der Waals surface area contributed by atoms with Crippen LogP contribution in [0, 0.1) is 10.1 Å². The summed E-state index contributed by atoms with van der Waals surface area (Å²) in [7, 11) is 0. The number of carbonyl (C=O) groups is 2. The Morgan fingerprint density at radius 2 is 1.70 bits per heavy atom. The van der Waals surface area contributed by atoms with E-state index in [1.807, 2.05) is 13.8 Å². The van der Waals surface area contributed by atoms with Crippen molar-refractivity contribution in [2.45, 2.75) is 13.8 Å². The quantitative estimate of drug-likeness (QED) is 0.0888. The smallest absolute Gasteiger partial charge is 0.363 e. The molecule has 0 fully saturated rings. The number of halogens is 1. The number of non-ortho nitro benzene ring substituents is 1. The molecule has 0 amide bonds. The molecule has 1 heterocycles. The van der Waals surface area contributed by atoms with Gasteiger partial charge in [0.25, 0.3) is 5.69 Å². The van der Waals surface area contributed by atoms with Crippen LogP contribution in [-0.2, 0) is 14.3 Å². The summed E-state index contributed by atoms with van der Waals surface area (Å²) >= 11 is 3.39. The van der Waals surface area contributed by atoms with Gasteiger partial charge in [-0.05, 0) is 80.1 Å². The first-order chi connectivity index (χ1) is 19.3. The molecule has 3 aromatic carbocycles. The predicted octanol–water partition coefficient (Wildman–Crippen LogP) is 6.12. The van der Waals surface area contributed by atoms with Gasteiger partial charge in [-0.3, -0.25) is 10.1 Å². The Labute approximate surface area is 237 Å². The van der Waals surface area contributed by atoms with E-state index in [9.17, 15) is 19.7 Å². The van der Waals surface area contributed by atoms with Gasteiger partial charge in [0, 0.05) is 33.8 Å². The number of rotatable bonds is 10. The summed E-state index contributed by atoms with van der Waals surface area (Å²) in [4.78, 5) is 39.8. The van der Waals surface area contributed by atoms with Crippen LogP contribution in [0.3, 0.4) is 0 Å². The standard InChI is InChI=1S/C29H23BrN2O8/c1-3-37-25-12-8-19(17-26(25)38-4-2)28-31-23(29(34)40-28)16-20-15-21(30)9-13-24(20)39-27(33)14-7-18-5-10-22(11-6-18)32(35)36/h5-17H,3-4H2,1-2H3/b14-7+,23-16-. The van der Waals surface area contributed by atoms with Crippen molar-refractivity contribution in [3.8, 4) is 17.2 Å². The highest BCUT2D eigenvalue weighted by Gasteiger charge is 2.26. The summed E-state index contributed by atoms with van der Waals surface area (Å²) in [6.07, 6.45) is 4.13. The van der Waals surface area contributed by atoms with Gasteiger partial charge in [-0.15, -0.1) is 0 Å². The Morgan fingerprint density at radius 1 is 1.00 bits per heavy atom. The molecule has 4 rings (SSSR count). The minimum absolute atomic E-state index is 0.0127. The molecule has 0 radical (unpaired) electrons. The van der Waals surface area contributed by atoms with Gasteiger partial charge in [0.15, 0.2) is 17.2 Å². The fourth-order valence-corrected chi connectivity index (χ4v) is 3.98. The molecule has 0 unspecified atom stereocenters. The van der Waals surface area contributed by atoms with E-state index in [-0.39, 0.29) is 23.0 Å². The van der Waals surface area contributed by atoms with Gasteiger partial charge in [-0.2, -0.15) is 0 Å². The summed E-state index contributed by atoms with van der Waals surface area (Å²) in [6.45, 7) is 4.61. The normalized spacial score (nSPS) is 13.7. The lowest BCUT2D eigenvalue weighted by molar-refractivity contribution is -0.384. The van der Waals surface area contributed by atoms with Gasteiger partial charge >= 0.3 is 11.9 Å². The van der Waals surface area contributed by atoms with E-state index < -0.39 is 16.9 Å². The molecule has 1 aliphatic rings. The maximum Gasteiger partial charge on any atom is 0.363 e. The van der Waals surface area contributed by atoms with Gasteiger partial charge in [-0.25, -0.2) is 14.6 Å². The molecule has 11 heteroatoms. The van der Waals surface area contributed by atoms with Crippen LogP contribution in [-0.4, -0.2) is 36.0 Å². The average Bonchev–Trinajstić information content (AvgIpc) is 3.30. The monoisotopic (exact) mass is 606 g/mol. The van der Waals surface area contributed by atoms with Crippen molar-refractivity contribution in [3.05, 3.63) is 104 Å². The number of ether oxygens (including phenoxy) is 4. The number of benzene rings is 3. The first kappa shape index (κ1) is 28.2. The molecule has 0 aliphatic carbocycles. The second-order valence-electron chi connectivity index (χ2n) is 8.15. The zero-order valence-electron chi connectivity index (χ0n) is 21.5. The summed E-state index contributed by atoms with van der Waals surface area (Å²) in [5.41, 5.74) is 1.48. The molecule has 40 heavy (non-hydrogen) atoms. The molecule has 3 aromatic rings. The van der Waals surface area contributed by atoms with Crippen LogP contribution in [0.5, 0.6) is 17.2 Å². The highest BCUT2D eigenvalue weighted by molar-refractivity contribution is 9.10. The van der Waals surface area contributed by atoms with Crippen LogP contribution >= 0.6 is 15.9 Å². The average molecular weight is 607 g/mol.